The molecule has 34 heavy (non-hydrogen) atoms. The van der Waals surface area contributed by atoms with Gasteiger partial charge in [0, 0.05) is 16.9 Å². The van der Waals surface area contributed by atoms with Gasteiger partial charge in [-0.3, -0.25) is 9.59 Å². The smallest absolute Gasteiger partial charge is 0.323 e. The van der Waals surface area contributed by atoms with E-state index in [0.717, 1.165) is 0 Å². The van der Waals surface area contributed by atoms with Crippen LogP contribution < -0.4 is 15.4 Å². The van der Waals surface area contributed by atoms with Crippen LogP contribution in [0.5, 0.6) is 11.5 Å². The Morgan fingerprint density at radius 2 is 1.50 bits per heavy atom. The zero-order valence-electron chi connectivity index (χ0n) is 17.9. The van der Waals surface area contributed by atoms with Gasteiger partial charge >= 0.3 is 5.97 Å². The summed E-state index contributed by atoms with van der Waals surface area (Å²) in [6.07, 6.45) is 0. The second kappa shape index (κ2) is 9.83. The van der Waals surface area contributed by atoms with Crippen LogP contribution in [-0.4, -0.2) is 28.5 Å². The minimum atomic E-state index is -1.04. The molecule has 0 saturated carbocycles. The van der Waals surface area contributed by atoms with Gasteiger partial charge in [0.2, 0.25) is 0 Å². The summed E-state index contributed by atoms with van der Waals surface area (Å²) in [4.78, 5) is 29.4. The van der Waals surface area contributed by atoms with Crippen molar-refractivity contribution in [2.75, 3.05) is 11.4 Å². The first kappa shape index (κ1) is 22.5. The van der Waals surface area contributed by atoms with E-state index in [1.54, 1.807) is 59.5 Å². The number of amides is 1. The first-order chi connectivity index (χ1) is 16.4. The van der Waals surface area contributed by atoms with E-state index in [-0.39, 0.29) is 18.1 Å². The molecule has 3 N–H and O–H groups in total. The lowest BCUT2D eigenvalue weighted by Crippen LogP contribution is -2.25. The average molecular weight is 457 g/mol. The fraction of sp³-hybridized carbons (Fsp3) is 0.0385. The van der Waals surface area contributed by atoms with Gasteiger partial charge in [-0.25, -0.2) is 9.37 Å². The van der Waals surface area contributed by atoms with E-state index in [0.29, 0.717) is 34.1 Å². The molecule has 0 atom stereocenters. The average Bonchev–Trinajstić information content (AvgIpc) is 2.84. The second-order valence-electron chi connectivity index (χ2n) is 7.36. The number of benzene rings is 3. The number of carbonyl (C=O) groups excluding carboxylic acids is 1. The number of hydrogen-bond donors (Lipinski definition) is 2. The maximum Gasteiger partial charge on any atom is 0.323 e. The molecule has 170 valence electrons. The molecule has 0 aliphatic rings. The van der Waals surface area contributed by atoms with Gasteiger partial charge in [-0.1, -0.05) is 18.2 Å². The van der Waals surface area contributed by atoms with Crippen LogP contribution in [0.1, 0.15) is 10.5 Å². The van der Waals surface area contributed by atoms with Gasteiger partial charge < -0.3 is 20.5 Å². The number of carboxylic acid groups (broad SMARTS) is 1. The summed E-state index contributed by atoms with van der Waals surface area (Å²) in [6.45, 7) is -0.323. The summed E-state index contributed by atoms with van der Waals surface area (Å²) in [5.41, 5.74) is 7.71. The molecule has 0 unspecified atom stereocenters. The molecule has 0 radical (unpaired) electrons. The van der Waals surface area contributed by atoms with E-state index in [9.17, 15) is 19.1 Å². The van der Waals surface area contributed by atoms with Gasteiger partial charge in [0.15, 0.2) is 0 Å². The molecular formula is C26H20FN3O4. The molecule has 0 aliphatic carbocycles. The minimum Gasteiger partial charge on any atom is -0.480 e. The predicted molar refractivity (Wildman–Crippen MR) is 126 cm³/mol. The third-order valence-electron chi connectivity index (χ3n) is 4.93. The number of aliphatic carboxylic acids is 1. The molecular weight excluding hydrogens is 437 g/mol. The van der Waals surface area contributed by atoms with E-state index in [4.69, 9.17) is 10.5 Å². The largest absolute Gasteiger partial charge is 0.480 e. The number of ether oxygens (including phenoxy) is 1. The molecule has 1 aromatic heterocycles. The van der Waals surface area contributed by atoms with Crippen LogP contribution in [0.25, 0.3) is 11.3 Å². The zero-order valence-corrected chi connectivity index (χ0v) is 17.9. The number of primary amides is 1. The van der Waals surface area contributed by atoms with Crippen LogP contribution in [0.15, 0.2) is 91.0 Å². The Morgan fingerprint density at radius 1 is 0.882 bits per heavy atom. The Kier molecular flexibility index (Phi) is 6.49. The van der Waals surface area contributed by atoms with Crippen molar-refractivity contribution in [1.82, 2.24) is 4.98 Å². The summed E-state index contributed by atoms with van der Waals surface area (Å²) >= 11 is 0. The predicted octanol–water partition coefficient (Wildman–Crippen LogP) is 5.00. The fourth-order valence-corrected chi connectivity index (χ4v) is 3.35. The molecule has 8 heteroatoms. The lowest BCUT2D eigenvalue weighted by atomic mass is 10.1. The van der Waals surface area contributed by atoms with Crippen LogP contribution in [0.3, 0.4) is 0 Å². The highest BCUT2D eigenvalue weighted by molar-refractivity contribution is 5.93. The quantitative estimate of drug-likeness (QED) is 0.386. The Hall–Kier alpha value is -4.72. The molecule has 7 nitrogen and oxygen atoms in total. The van der Waals surface area contributed by atoms with E-state index >= 15 is 0 Å². The van der Waals surface area contributed by atoms with Crippen molar-refractivity contribution in [3.8, 4) is 22.8 Å². The summed E-state index contributed by atoms with van der Waals surface area (Å²) in [5.74, 6) is -1.12. The van der Waals surface area contributed by atoms with E-state index in [2.05, 4.69) is 4.98 Å². The third kappa shape index (κ3) is 5.36. The van der Waals surface area contributed by atoms with Gasteiger partial charge in [0.1, 0.15) is 29.6 Å². The third-order valence-corrected chi connectivity index (χ3v) is 4.93. The molecule has 0 aliphatic heterocycles. The number of carbonyl (C=O) groups is 2. The Morgan fingerprint density at radius 3 is 2.09 bits per heavy atom. The molecule has 3 aromatic carbocycles. The summed E-state index contributed by atoms with van der Waals surface area (Å²) < 4.78 is 18.8. The highest BCUT2D eigenvalue weighted by atomic mass is 19.1. The Bertz CT molecular complexity index is 1310. The van der Waals surface area contributed by atoms with Gasteiger partial charge in [0.05, 0.1) is 5.69 Å². The number of anilines is 2. The number of pyridine rings is 1. The van der Waals surface area contributed by atoms with Crippen LogP contribution in [0.2, 0.25) is 0 Å². The molecule has 1 amide bonds. The number of nitrogens with two attached hydrogens (primary N) is 1. The Labute approximate surface area is 194 Å². The highest BCUT2D eigenvalue weighted by Crippen LogP contribution is 2.31. The summed E-state index contributed by atoms with van der Waals surface area (Å²) in [5, 5.41) is 9.45. The normalized spacial score (nSPS) is 10.5. The number of para-hydroxylation sites is 1. The number of aromatic nitrogens is 1. The van der Waals surface area contributed by atoms with E-state index in [1.807, 2.05) is 6.07 Å². The first-order valence-electron chi connectivity index (χ1n) is 10.3. The molecule has 0 saturated heterocycles. The summed E-state index contributed by atoms with van der Waals surface area (Å²) in [7, 11) is 0. The van der Waals surface area contributed by atoms with Crippen molar-refractivity contribution in [3.63, 3.8) is 0 Å². The SMILES string of the molecule is NC(=O)c1cc(N(CC(=O)O)c2ccccc2)cc(-c2ccc(Oc3ccc(F)cc3)cc2)n1. The van der Waals surface area contributed by atoms with Crippen molar-refractivity contribution < 1.29 is 23.8 Å². The van der Waals surface area contributed by atoms with Crippen molar-refractivity contribution in [2.24, 2.45) is 5.73 Å². The minimum absolute atomic E-state index is 0.00505. The summed E-state index contributed by atoms with van der Waals surface area (Å²) in [6, 6.07) is 24.7. The number of hydrogen-bond acceptors (Lipinski definition) is 5. The van der Waals surface area contributed by atoms with Crippen LogP contribution >= 0.6 is 0 Å². The lowest BCUT2D eigenvalue weighted by molar-refractivity contribution is -0.135. The fourth-order valence-electron chi connectivity index (χ4n) is 3.35. The maximum absolute atomic E-state index is 13.1. The van der Waals surface area contributed by atoms with E-state index in [1.165, 1.54) is 30.3 Å². The molecule has 0 fully saturated rings. The van der Waals surface area contributed by atoms with Crippen molar-refractivity contribution in [1.29, 1.82) is 0 Å². The topological polar surface area (TPSA) is 106 Å². The number of nitrogens with zero attached hydrogens (tertiary/aromatic N) is 2. The first-order valence-corrected chi connectivity index (χ1v) is 10.3. The van der Waals surface area contributed by atoms with Crippen LogP contribution in [0, 0.1) is 5.82 Å². The zero-order chi connectivity index (χ0) is 24.1. The standard InChI is InChI=1S/C26H20FN3O4/c27-18-8-12-22(13-9-18)34-21-10-6-17(7-11-21)23-14-20(15-24(29-23)26(28)33)30(16-25(31)32)19-4-2-1-3-5-19/h1-15H,16H2,(H2,28,33)(H,31,32). The Balaban J connectivity index is 1.69. The van der Waals surface area contributed by atoms with Gasteiger partial charge in [0.25, 0.3) is 5.91 Å². The van der Waals surface area contributed by atoms with Crippen LogP contribution in [0.4, 0.5) is 15.8 Å². The van der Waals surface area contributed by atoms with E-state index < -0.39 is 11.9 Å². The lowest BCUT2D eigenvalue weighted by Gasteiger charge is -2.24. The van der Waals surface area contributed by atoms with Gasteiger partial charge in [-0.2, -0.15) is 0 Å². The highest BCUT2D eigenvalue weighted by Gasteiger charge is 2.17. The van der Waals surface area contributed by atoms with Crippen molar-refractivity contribution in [3.05, 3.63) is 103 Å². The molecule has 0 bridgehead atoms. The maximum atomic E-state index is 13.1. The second-order valence-corrected chi connectivity index (χ2v) is 7.36. The van der Waals surface area contributed by atoms with Crippen molar-refractivity contribution >= 4 is 23.3 Å². The molecule has 4 rings (SSSR count). The molecule has 4 aromatic rings. The van der Waals surface area contributed by atoms with Crippen molar-refractivity contribution in [2.45, 2.75) is 0 Å². The van der Waals surface area contributed by atoms with Crippen LogP contribution in [-0.2, 0) is 4.79 Å². The van der Waals surface area contributed by atoms with Gasteiger partial charge in [-0.15, -0.1) is 0 Å². The number of carboxylic acids is 1. The number of rotatable bonds is 8. The number of halogens is 1. The molecule has 1 heterocycles. The monoisotopic (exact) mass is 457 g/mol. The van der Waals surface area contributed by atoms with Gasteiger partial charge in [-0.05, 0) is 72.8 Å². The molecule has 0 spiro atoms.